The Morgan fingerprint density at radius 3 is 2.58 bits per heavy atom. The maximum absolute atomic E-state index is 12.0. The summed E-state index contributed by atoms with van der Waals surface area (Å²) < 4.78 is 29.7. The number of aliphatic carboxylic acids is 1. The third kappa shape index (κ3) is 3.90. The highest BCUT2D eigenvalue weighted by Crippen LogP contribution is 2.31. The molecule has 0 amide bonds. The predicted molar refractivity (Wildman–Crippen MR) is 67.0 cm³/mol. The van der Waals surface area contributed by atoms with Crippen LogP contribution in [0.1, 0.15) is 26.7 Å². The first-order chi connectivity index (χ1) is 8.71. The zero-order valence-corrected chi connectivity index (χ0v) is 11.9. The second-order valence-electron chi connectivity index (χ2n) is 4.86. The van der Waals surface area contributed by atoms with E-state index in [1.165, 1.54) is 6.92 Å². The van der Waals surface area contributed by atoms with Crippen LogP contribution in [0, 0.1) is 5.41 Å². The van der Waals surface area contributed by atoms with Gasteiger partial charge in [0.15, 0.2) is 5.75 Å². The average molecular weight is 293 g/mol. The SMILES string of the molecule is CCOC(=O)CS(=O)(=O)N1CCCC(C)(C(=O)O)C1. The molecule has 19 heavy (non-hydrogen) atoms. The van der Waals surface area contributed by atoms with Crippen LogP contribution < -0.4 is 0 Å². The third-order valence-corrected chi connectivity index (χ3v) is 4.88. The molecule has 0 aromatic heterocycles. The fourth-order valence-electron chi connectivity index (χ4n) is 2.05. The molecule has 0 saturated carbocycles. The van der Waals surface area contributed by atoms with Crippen molar-refractivity contribution in [2.45, 2.75) is 26.7 Å². The molecular weight excluding hydrogens is 274 g/mol. The highest BCUT2D eigenvalue weighted by atomic mass is 32.2. The van der Waals surface area contributed by atoms with E-state index in [1.807, 2.05) is 0 Å². The quantitative estimate of drug-likeness (QED) is 0.720. The summed E-state index contributed by atoms with van der Waals surface area (Å²) in [5, 5.41) is 9.13. The number of carboxylic acids is 1. The van der Waals surface area contributed by atoms with Crippen molar-refractivity contribution < 1.29 is 27.9 Å². The zero-order valence-electron chi connectivity index (χ0n) is 11.1. The number of carbonyl (C=O) groups excluding carboxylic acids is 1. The summed E-state index contributed by atoms with van der Waals surface area (Å²) in [4.78, 5) is 22.4. The number of esters is 1. The fourth-order valence-corrected chi connectivity index (χ4v) is 3.50. The van der Waals surface area contributed by atoms with E-state index < -0.39 is 33.1 Å². The van der Waals surface area contributed by atoms with E-state index in [0.717, 1.165) is 4.31 Å². The highest BCUT2D eigenvalue weighted by Gasteiger charge is 2.42. The first-order valence-corrected chi connectivity index (χ1v) is 7.69. The number of rotatable bonds is 5. The summed E-state index contributed by atoms with van der Waals surface area (Å²) in [5.74, 6) is -2.58. The summed E-state index contributed by atoms with van der Waals surface area (Å²) >= 11 is 0. The first-order valence-electron chi connectivity index (χ1n) is 6.08. The Balaban J connectivity index is 2.79. The molecule has 1 rings (SSSR count). The van der Waals surface area contributed by atoms with Crippen LogP contribution in [0.4, 0.5) is 0 Å². The van der Waals surface area contributed by atoms with Gasteiger partial charge in [0.2, 0.25) is 10.0 Å². The van der Waals surface area contributed by atoms with Gasteiger partial charge in [0.1, 0.15) is 0 Å². The van der Waals surface area contributed by atoms with Crippen molar-refractivity contribution in [1.82, 2.24) is 4.31 Å². The van der Waals surface area contributed by atoms with Crippen LogP contribution in [0.15, 0.2) is 0 Å². The van der Waals surface area contributed by atoms with Crippen molar-refractivity contribution >= 4 is 22.0 Å². The molecule has 1 atom stereocenters. The molecule has 1 aliphatic rings. The molecule has 7 nitrogen and oxygen atoms in total. The number of sulfonamides is 1. The Bertz CT molecular complexity index is 460. The predicted octanol–water partition coefficient (Wildman–Crippen LogP) is 0.0660. The molecule has 1 N–H and O–H groups in total. The van der Waals surface area contributed by atoms with Crippen molar-refractivity contribution in [1.29, 1.82) is 0 Å². The lowest BCUT2D eigenvalue weighted by atomic mass is 9.83. The second-order valence-corrected chi connectivity index (χ2v) is 6.83. The molecule has 1 aliphatic heterocycles. The lowest BCUT2D eigenvalue weighted by Gasteiger charge is -2.36. The summed E-state index contributed by atoms with van der Waals surface area (Å²) in [6.07, 6.45) is 0.888. The Hall–Kier alpha value is -1.15. The molecule has 0 aliphatic carbocycles. The van der Waals surface area contributed by atoms with E-state index in [0.29, 0.717) is 12.8 Å². The van der Waals surface area contributed by atoms with Crippen LogP contribution in [0.5, 0.6) is 0 Å². The highest BCUT2D eigenvalue weighted by molar-refractivity contribution is 7.89. The number of piperidine rings is 1. The standard InChI is InChI=1S/C11H19NO6S/c1-3-18-9(13)7-19(16,17)12-6-4-5-11(2,8-12)10(14)15/h3-8H2,1-2H3,(H,14,15). The lowest BCUT2D eigenvalue weighted by Crippen LogP contribution is -2.49. The first kappa shape index (κ1) is 15.9. The molecule has 8 heteroatoms. The van der Waals surface area contributed by atoms with Gasteiger partial charge in [-0.15, -0.1) is 0 Å². The van der Waals surface area contributed by atoms with Gasteiger partial charge >= 0.3 is 11.9 Å². The topological polar surface area (TPSA) is 101 Å². The van der Waals surface area contributed by atoms with E-state index in [9.17, 15) is 18.0 Å². The smallest absolute Gasteiger partial charge is 0.322 e. The fraction of sp³-hybridized carbons (Fsp3) is 0.818. The van der Waals surface area contributed by atoms with Gasteiger partial charge in [-0.05, 0) is 26.7 Å². The Kier molecular flexibility index (Phi) is 4.92. The van der Waals surface area contributed by atoms with E-state index >= 15 is 0 Å². The minimum absolute atomic E-state index is 0.107. The van der Waals surface area contributed by atoms with Crippen molar-refractivity contribution in [2.75, 3.05) is 25.4 Å². The Morgan fingerprint density at radius 2 is 2.05 bits per heavy atom. The van der Waals surface area contributed by atoms with Gasteiger partial charge in [-0.3, -0.25) is 9.59 Å². The molecular formula is C11H19NO6S. The van der Waals surface area contributed by atoms with Gasteiger partial charge in [-0.25, -0.2) is 12.7 Å². The minimum Gasteiger partial charge on any atom is -0.481 e. The van der Waals surface area contributed by atoms with Crippen molar-refractivity contribution in [3.05, 3.63) is 0 Å². The van der Waals surface area contributed by atoms with Gasteiger partial charge in [0.25, 0.3) is 0 Å². The summed E-state index contributed by atoms with van der Waals surface area (Å²) in [6.45, 7) is 3.35. The van der Waals surface area contributed by atoms with E-state index in [1.54, 1.807) is 6.92 Å². The molecule has 0 bridgehead atoms. The number of carboxylic acid groups (broad SMARTS) is 1. The second kappa shape index (κ2) is 5.87. The van der Waals surface area contributed by atoms with Crippen LogP contribution in [-0.2, 0) is 24.3 Å². The molecule has 1 fully saturated rings. The average Bonchev–Trinajstić information content (AvgIpc) is 2.28. The molecule has 0 aromatic carbocycles. The maximum Gasteiger partial charge on any atom is 0.322 e. The van der Waals surface area contributed by atoms with Gasteiger partial charge in [-0.2, -0.15) is 0 Å². The van der Waals surface area contributed by atoms with E-state index in [2.05, 4.69) is 4.74 Å². The number of nitrogens with zero attached hydrogens (tertiary/aromatic N) is 1. The van der Waals surface area contributed by atoms with Crippen LogP contribution >= 0.6 is 0 Å². The number of carbonyl (C=O) groups is 2. The van der Waals surface area contributed by atoms with Crippen molar-refractivity contribution in [2.24, 2.45) is 5.41 Å². The zero-order chi connectivity index (χ0) is 14.7. The summed E-state index contributed by atoms with van der Waals surface area (Å²) in [5.41, 5.74) is -1.10. The van der Waals surface area contributed by atoms with Gasteiger partial charge in [0, 0.05) is 13.1 Å². The van der Waals surface area contributed by atoms with Crippen molar-refractivity contribution in [3.63, 3.8) is 0 Å². The largest absolute Gasteiger partial charge is 0.481 e. The van der Waals surface area contributed by atoms with Gasteiger partial charge < -0.3 is 9.84 Å². The molecule has 0 aromatic rings. The molecule has 1 saturated heterocycles. The summed E-state index contributed by atoms with van der Waals surface area (Å²) in [7, 11) is -3.81. The van der Waals surface area contributed by atoms with Crippen LogP contribution in [-0.4, -0.2) is 55.2 Å². The van der Waals surface area contributed by atoms with Gasteiger partial charge in [-0.1, -0.05) is 0 Å². The van der Waals surface area contributed by atoms with Gasteiger partial charge in [0.05, 0.1) is 12.0 Å². The van der Waals surface area contributed by atoms with Crippen LogP contribution in [0.3, 0.4) is 0 Å². The van der Waals surface area contributed by atoms with Crippen LogP contribution in [0.2, 0.25) is 0 Å². The molecule has 0 spiro atoms. The van der Waals surface area contributed by atoms with E-state index in [-0.39, 0.29) is 19.7 Å². The maximum atomic E-state index is 12.0. The molecule has 110 valence electrons. The Labute approximate surface area is 112 Å². The van der Waals surface area contributed by atoms with Crippen molar-refractivity contribution in [3.8, 4) is 0 Å². The number of ether oxygens (including phenoxy) is 1. The van der Waals surface area contributed by atoms with Crippen LogP contribution in [0.25, 0.3) is 0 Å². The third-order valence-electron chi connectivity index (χ3n) is 3.18. The lowest BCUT2D eigenvalue weighted by molar-refractivity contribution is -0.150. The minimum atomic E-state index is -3.81. The normalized spacial score (nSPS) is 24.9. The summed E-state index contributed by atoms with van der Waals surface area (Å²) in [6, 6.07) is 0. The monoisotopic (exact) mass is 293 g/mol. The number of hydrogen-bond acceptors (Lipinski definition) is 5. The molecule has 1 unspecified atom stereocenters. The molecule has 0 radical (unpaired) electrons. The van der Waals surface area contributed by atoms with E-state index in [4.69, 9.17) is 5.11 Å². The Morgan fingerprint density at radius 1 is 1.42 bits per heavy atom. The number of hydrogen-bond donors (Lipinski definition) is 1. The molecule has 1 heterocycles.